The van der Waals surface area contributed by atoms with E-state index < -0.39 is 0 Å². The van der Waals surface area contributed by atoms with E-state index in [0.717, 1.165) is 76.1 Å². The first kappa shape index (κ1) is 53.9. The Morgan fingerprint density at radius 1 is 0.212 bits per heavy atom. The molecule has 0 spiro atoms. The molecule has 0 aliphatic heterocycles. The second-order valence-corrected chi connectivity index (χ2v) is 22.5. The monoisotopic (exact) mass is 1090 g/mol. The summed E-state index contributed by atoms with van der Waals surface area (Å²) < 4.78 is 0. The summed E-state index contributed by atoms with van der Waals surface area (Å²) in [6.07, 6.45) is 9.79. The molecule has 0 unspecified atom stereocenters. The van der Waals surface area contributed by atoms with Gasteiger partial charge < -0.3 is 0 Å². The van der Waals surface area contributed by atoms with Gasteiger partial charge in [-0.15, -0.1) is 0 Å². The SMILES string of the molecule is Cc1cc(-c2cccc(-c3ccccc3)c2)ncc1CCc1cc(CCc2cnc(-c3cccc(-c4ccccc4)c3)cc2C)cc(-c2ccccc2-c2cnc(-c3cc(-c4ccccc4)cc(-c4ccc(-c5ccccc5)cc4)c3)cc2C)c1. The maximum absolute atomic E-state index is 5.30. The third-order valence-corrected chi connectivity index (χ3v) is 16.7. The summed E-state index contributed by atoms with van der Waals surface area (Å²) in [6.45, 7) is 6.69. The van der Waals surface area contributed by atoms with Crippen LogP contribution < -0.4 is 0 Å². The Morgan fingerprint density at radius 3 is 1.02 bits per heavy atom. The maximum Gasteiger partial charge on any atom is 0.0705 e. The molecular weight excluding hydrogens is 1030 g/mol. The lowest BCUT2D eigenvalue weighted by atomic mass is 9.89. The third kappa shape index (κ3) is 12.3. The quantitative estimate of drug-likeness (QED) is 0.0968. The molecule has 0 atom stereocenters. The normalized spacial score (nSPS) is 11.2. The van der Waals surface area contributed by atoms with Crippen LogP contribution in [-0.2, 0) is 25.7 Å². The Hall–Kier alpha value is -10.4. The van der Waals surface area contributed by atoms with Gasteiger partial charge in [0.2, 0.25) is 0 Å². The number of aryl methyl sites for hydroxylation is 7. The van der Waals surface area contributed by atoms with Gasteiger partial charge in [0.1, 0.15) is 0 Å². The minimum absolute atomic E-state index is 0.875. The summed E-state index contributed by atoms with van der Waals surface area (Å²) in [5.41, 5.74) is 31.6. The minimum atomic E-state index is 0.875. The first-order valence-corrected chi connectivity index (χ1v) is 29.6. The van der Waals surface area contributed by atoms with Gasteiger partial charge in [0.05, 0.1) is 17.1 Å². The van der Waals surface area contributed by atoms with Crippen molar-refractivity contribution >= 4 is 0 Å². The zero-order chi connectivity index (χ0) is 57.5. The number of aromatic nitrogens is 3. The van der Waals surface area contributed by atoms with Crippen LogP contribution in [0.3, 0.4) is 0 Å². The molecule has 0 saturated heterocycles. The molecule has 0 amide bonds. The Kier molecular flexibility index (Phi) is 15.6. The molecule has 85 heavy (non-hydrogen) atoms. The van der Waals surface area contributed by atoms with Crippen LogP contribution in [0.4, 0.5) is 0 Å². The molecular formula is C82H65N3. The van der Waals surface area contributed by atoms with E-state index in [0.29, 0.717) is 0 Å². The summed E-state index contributed by atoms with van der Waals surface area (Å²) >= 11 is 0. The van der Waals surface area contributed by atoms with Crippen molar-refractivity contribution in [2.75, 3.05) is 0 Å². The highest BCUT2D eigenvalue weighted by Crippen LogP contribution is 2.39. The number of hydrogen-bond acceptors (Lipinski definition) is 3. The molecule has 0 aliphatic rings. The predicted octanol–water partition coefficient (Wildman–Crippen LogP) is 21.0. The molecule has 3 nitrogen and oxygen atoms in total. The van der Waals surface area contributed by atoms with Crippen LogP contribution in [0, 0.1) is 20.8 Å². The Balaban J connectivity index is 0.815. The maximum atomic E-state index is 5.30. The summed E-state index contributed by atoms with van der Waals surface area (Å²) in [5, 5.41) is 0. The van der Waals surface area contributed by atoms with Crippen molar-refractivity contribution in [3.05, 3.63) is 331 Å². The van der Waals surface area contributed by atoms with Gasteiger partial charge in [0.25, 0.3) is 0 Å². The second-order valence-electron chi connectivity index (χ2n) is 22.5. The van der Waals surface area contributed by atoms with Crippen LogP contribution in [0.15, 0.2) is 292 Å². The molecule has 0 fully saturated rings. The first-order valence-electron chi connectivity index (χ1n) is 29.6. The summed E-state index contributed by atoms with van der Waals surface area (Å²) in [6, 6.07) is 98.5. The number of rotatable bonds is 16. The Morgan fingerprint density at radius 2 is 0.553 bits per heavy atom. The predicted molar refractivity (Wildman–Crippen MR) is 356 cm³/mol. The zero-order valence-corrected chi connectivity index (χ0v) is 48.4. The fourth-order valence-corrected chi connectivity index (χ4v) is 11.9. The highest BCUT2D eigenvalue weighted by atomic mass is 14.7. The fraction of sp³-hybridized carbons (Fsp3) is 0.0854. The molecule has 3 heterocycles. The molecule has 3 heteroatoms. The van der Waals surface area contributed by atoms with Gasteiger partial charge in [-0.3, -0.25) is 15.0 Å². The standard InChI is InChI=1S/C82H65N3/c1-56-42-80(69-30-18-28-67(48-69)62-22-10-5-11-23-62)83-53-71(56)36-34-59-45-60(35-37-72-54-84-81(43-57(72)2)70-31-19-29-68(49-70)63-24-12-6-13-25-63)47-75(46-59)77-32-16-17-33-78(77)79-55-85-82(44-58(79)3)76-51-73(64-26-14-7-15-27-64)50-74(52-76)66-40-38-65(39-41-66)61-20-8-4-9-21-61/h4-33,38-55H,34-37H2,1-3H3. The average Bonchev–Trinajstić information content (AvgIpc) is 3.57. The van der Waals surface area contributed by atoms with E-state index in [1.54, 1.807) is 0 Å². The number of hydrogen-bond donors (Lipinski definition) is 0. The van der Waals surface area contributed by atoms with Crippen molar-refractivity contribution in [2.24, 2.45) is 0 Å². The van der Waals surface area contributed by atoms with Crippen LogP contribution in [0.25, 0.3) is 112 Å². The average molecular weight is 1090 g/mol. The molecule has 13 rings (SSSR count). The second kappa shape index (κ2) is 24.6. The number of nitrogens with zero attached hydrogens (tertiary/aromatic N) is 3. The number of benzene rings is 10. The van der Waals surface area contributed by atoms with E-state index in [9.17, 15) is 0 Å². The van der Waals surface area contributed by atoms with Crippen molar-refractivity contribution in [1.82, 2.24) is 15.0 Å². The Labute approximate surface area is 500 Å². The van der Waals surface area contributed by atoms with E-state index in [1.807, 2.05) is 0 Å². The molecule has 0 N–H and O–H groups in total. The topological polar surface area (TPSA) is 38.7 Å². The minimum Gasteiger partial charge on any atom is -0.256 e. The molecule has 13 aromatic rings. The molecule has 0 radical (unpaired) electrons. The van der Waals surface area contributed by atoms with E-state index >= 15 is 0 Å². The lowest BCUT2D eigenvalue weighted by Crippen LogP contribution is -2.01. The first-order chi connectivity index (χ1) is 41.8. The Bertz CT molecular complexity index is 4320. The van der Waals surface area contributed by atoms with E-state index in [-0.39, 0.29) is 0 Å². The molecule has 10 aromatic carbocycles. The molecule has 0 bridgehead atoms. The molecule has 408 valence electrons. The van der Waals surface area contributed by atoms with Crippen LogP contribution in [-0.4, -0.2) is 15.0 Å². The molecule has 0 saturated carbocycles. The van der Waals surface area contributed by atoms with Gasteiger partial charge in [-0.25, -0.2) is 0 Å². The molecule has 3 aromatic heterocycles. The summed E-state index contributed by atoms with van der Waals surface area (Å²) in [5.74, 6) is 0. The lowest BCUT2D eigenvalue weighted by molar-refractivity contribution is 0.913. The van der Waals surface area contributed by atoms with Crippen LogP contribution in [0.2, 0.25) is 0 Å². The van der Waals surface area contributed by atoms with E-state index in [4.69, 9.17) is 15.0 Å². The van der Waals surface area contributed by atoms with Gasteiger partial charge >= 0.3 is 0 Å². The smallest absolute Gasteiger partial charge is 0.0705 e. The van der Waals surface area contributed by atoms with Crippen LogP contribution in [0.5, 0.6) is 0 Å². The molecule has 0 aliphatic carbocycles. The largest absolute Gasteiger partial charge is 0.256 e. The van der Waals surface area contributed by atoms with Crippen molar-refractivity contribution in [3.63, 3.8) is 0 Å². The van der Waals surface area contributed by atoms with Gasteiger partial charge in [-0.2, -0.15) is 0 Å². The highest BCUT2D eigenvalue weighted by molar-refractivity contribution is 5.87. The van der Waals surface area contributed by atoms with Crippen LogP contribution >= 0.6 is 0 Å². The summed E-state index contributed by atoms with van der Waals surface area (Å²) in [7, 11) is 0. The van der Waals surface area contributed by atoms with Gasteiger partial charge in [-0.1, -0.05) is 224 Å². The van der Waals surface area contributed by atoms with Crippen molar-refractivity contribution < 1.29 is 0 Å². The van der Waals surface area contributed by atoms with Gasteiger partial charge in [0.15, 0.2) is 0 Å². The third-order valence-electron chi connectivity index (χ3n) is 16.7. The van der Waals surface area contributed by atoms with E-state index in [1.165, 1.54) is 100 Å². The van der Waals surface area contributed by atoms with Crippen molar-refractivity contribution in [2.45, 2.75) is 46.5 Å². The number of pyridine rings is 3. The van der Waals surface area contributed by atoms with Crippen molar-refractivity contribution in [1.29, 1.82) is 0 Å². The van der Waals surface area contributed by atoms with Crippen molar-refractivity contribution in [3.8, 4) is 112 Å². The lowest BCUT2D eigenvalue weighted by Gasteiger charge is -2.17. The fourth-order valence-electron chi connectivity index (χ4n) is 11.9. The van der Waals surface area contributed by atoms with Crippen LogP contribution in [0.1, 0.15) is 38.9 Å². The van der Waals surface area contributed by atoms with Gasteiger partial charge in [0, 0.05) is 40.8 Å². The summed E-state index contributed by atoms with van der Waals surface area (Å²) in [4.78, 5) is 15.4. The van der Waals surface area contributed by atoms with E-state index in [2.05, 4.69) is 312 Å². The zero-order valence-electron chi connectivity index (χ0n) is 48.4. The van der Waals surface area contributed by atoms with Gasteiger partial charge in [-0.05, 0) is 206 Å². The highest BCUT2D eigenvalue weighted by Gasteiger charge is 2.17.